The molecule has 0 aliphatic heterocycles. The summed E-state index contributed by atoms with van der Waals surface area (Å²) < 4.78 is 51.2. The zero-order valence-corrected chi connectivity index (χ0v) is 19.5. The normalized spacial score (nSPS) is 11.9. The molecule has 0 spiro atoms. The van der Waals surface area contributed by atoms with Gasteiger partial charge in [0.05, 0.1) is 12.2 Å². The van der Waals surface area contributed by atoms with E-state index in [-0.39, 0.29) is 13.2 Å². The maximum atomic E-state index is 12.7. The van der Waals surface area contributed by atoms with E-state index in [1.54, 1.807) is 18.3 Å². The van der Waals surface area contributed by atoms with Gasteiger partial charge in [-0.3, -0.25) is 0 Å². The summed E-state index contributed by atoms with van der Waals surface area (Å²) in [5.41, 5.74) is 1.72. The number of aryl methyl sites for hydroxylation is 2. The Labute approximate surface area is 206 Å². The molecule has 2 aromatic carbocycles. The van der Waals surface area contributed by atoms with E-state index >= 15 is 0 Å². The van der Waals surface area contributed by atoms with E-state index in [4.69, 9.17) is 14.3 Å². The van der Waals surface area contributed by atoms with Crippen LogP contribution in [-0.2, 0) is 32.2 Å². The summed E-state index contributed by atoms with van der Waals surface area (Å²) in [5.74, 6) is 1.94. The zero-order valence-electron chi connectivity index (χ0n) is 19.5. The fraction of sp³-hybridized carbons (Fsp3) is 0.259. The average Bonchev–Trinajstić information content (AvgIpc) is 3.52. The lowest BCUT2D eigenvalue weighted by Crippen LogP contribution is -2.06. The van der Waals surface area contributed by atoms with E-state index in [2.05, 4.69) is 14.5 Å². The first-order chi connectivity index (χ1) is 17.4. The summed E-state index contributed by atoms with van der Waals surface area (Å²) in [6.45, 7) is 1.16. The van der Waals surface area contributed by atoms with Gasteiger partial charge < -0.3 is 18.8 Å². The highest BCUT2D eigenvalue weighted by Crippen LogP contribution is 2.29. The van der Waals surface area contributed by atoms with Crippen molar-refractivity contribution < 1.29 is 27.4 Å². The molecule has 0 aliphatic rings. The largest absolute Gasteiger partial charge is 0.487 e. The number of alkyl halides is 3. The lowest BCUT2D eigenvalue weighted by atomic mass is 10.1. The van der Waals surface area contributed by atoms with Crippen molar-refractivity contribution in [2.75, 3.05) is 6.61 Å². The molecule has 0 aliphatic carbocycles. The van der Waals surface area contributed by atoms with Gasteiger partial charge in [0, 0.05) is 31.4 Å². The maximum Gasteiger partial charge on any atom is 0.416 e. The van der Waals surface area contributed by atoms with Crippen LogP contribution in [0, 0.1) is 0 Å². The molecule has 36 heavy (non-hydrogen) atoms. The number of hydrogen-bond donors (Lipinski definition) is 1. The van der Waals surface area contributed by atoms with Crippen molar-refractivity contribution in [3.8, 4) is 5.75 Å². The topological polar surface area (TPSA) is 73.3 Å². The molecule has 0 atom stereocenters. The monoisotopic (exact) mass is 497 g/mol. The van der Waals surface area contributed by atoms with Gasteiger partial charge in [-0.2, -0.15) is 13.2 Å². The minimum Gasteiger partial charge on any atom is -0.487 e. The fourth-order valence-corrected chi connectivity index (χ4v) is 3.65. The molecule has 2 heterocycles. The SMILES string of the molecule is OCCc1nccn1CCCc1ccc(OCc2coc(C=Cc3ccc(C(F)(F)F)cc3)n2)cc1. The molecule has 188 valence electrons. The van der Waals surface area contributed by atoms with Crippen molar-refractivity contribution in [2.45, 2.75) is 38.6 Å². The van der Waals surface area contributed by atoms with Crippen molar-refractivity contribution in [3.05, 3.63) is 101 Å². The van der Waals surface area contributed by atoms with Gasteiger partial charge in [-0.25, -0.2) is 9.97 Å². The van der Waals surface area contributed by atoms with Crippen LogP contribution in [0.25, 0.3) is 12.2 Å². The molecule has 0 radical (unpaired) electrons. The van der Waals surface area contributed by atoms with Gasteiger partial charge in [0.25, 0.3) is 0 Å². The predicted molar refractivity (Wildman–Crippen MR) is 129 cm³/mol. The van der Waals surface area contributed by atoms with Crippen molar-refractivity contribution in [1.29, 1.82) is 0 Å². The summed E-state index contributed by atoms with van der Waals surface area (Å²) in [7, 11) is 0. The zero-order chi connectivity index (χ0) is 25.4. The highest BCUT2D eigenvalue weighted by atomic mass is 19.4. The van der Waals surface area contributed by atoms with Crippen molar-refractivity contribution in [1.82, 2.24) is 14.5 Å². The predicted octanol–water partition coefficient (Wildman–Crippen LogP) is 5.81. The smallest absolute Gasteiger partial charge is 0.416 e. The van der Waals surface area contributed by atoms with Crippen LogP contribution in [0.1, 0.15) is 40.5 Å². The van der Waals surface area contributed by atoms with E-state index in [0.717, 1.165) is 37.3 Å². The van der Waals surface area contributed by atoms with E-state index in [1.807, 2.05) is 30.5 Å². The van der Waals surface area contributed by atoms with E-state index < -0.39 is 11.7 Å². The van der Waals surface area contributed by atoms with Gasteiger partial charge in [0.15, 0.2) is 0 Å². The number of aliphatic hydroxyl groups excluding tert-OH is 1. The second-order valence-corrected chi connectivity index (χ2v) is 8.18. The lowest BCUT2D eigenvalue weighted by Gasteiger charge is -2.08. The number of hydrogen-bond acceptors (Lipinski definition) is 5. The van der Waals surface area contributed by atoms with Crippen LogP contribution >= 0.6 is 0 Å². The Bertz CT molecular complexity index is 1260. The Morgan fingerprint density at radius 1 is 1.00 bits per heavy atom. The number of oxazole rings is 1. The number of halogens is 3. The molecule has 4 rings (SSSR count). The minimum absolute atomic E-state index is 0.0908. The van der Waals surface area contributed by atoms with E-state index in [9.17, 15) is 13.2 Å². The summed E-state index contributed by atoms with van der Waals surface area (Å²) >= 11 is 0. The van der Waals surface area contributed by atoms with E-state index in [0.29, 0.717) is 29.3 Å². The Morgan fingerprint density at radius 2 is 1.78 bits per heavy atom. The van der Waals surface area contributed by atoms with Crippen LogP contribution in [0.2, 0.25) is 0 Å². The number of nitrogens with zero attached hydrogens (tertiary/aromatic N) is 3. The van der Waals surface area contributed by atoms with Gasteiger partial charge in [-0.05, 0) is 54.3 Å². The number of imidazole rings is 1. The molecule has 9 heteroatoms. The first kappa shape index (κ1) is 25.2. The molecular formula is C27H26F3N3O3. The van der Waals surface area contributed by atoms with Gasteiger partial charge in [0.2, 0.25) is 5.89 Å². The maximum absolute atomic E-state index is 12.7. The highest BCUT2D eigenvalue weighted by Gasteiger charge is 2.29. The third-order valence-corrected chi connectivity index (χ3v) is 5.54. The fourth-order valence-electron chi connectivity index (χ4n) is 3.65. The Kier molecular flexibility index (Phi) is 8.22. The lowest BCUT2D eigenvalue weighted by molar-refractivity contribution is -0.137. The number of benzene rings is 2. The van der Waals surface area contributed by atoms with Crippen LogP contribution in [0.4, 0.5) is 13.2 Å². The van der Waals surface area contributed by atoms with Crippen molar-refractivity contribution >= 4 is 12.2 Å². The molecule has 4 aromatic rings. The van der Waals surface area contributed by atoms with Crippen LogP contribution in [0.15, 0.2) is 71.6 Å². The molecule has 2 aromatic heterocycles. The molecule has 6 nitrogen and oxygen atoms in total. The molecule has 0 saturated carbocycles. The second-order valence-electron chi connectivity index (χ2n) is 8.18. The molecule has 0 bridgehead atoms. The Morgan fingerprint density at radius 3 is 2.50 bits per heavy atom. The number of aliphatic hydroxyl groups is 1. The average molecular weight is 498 g/mol. The highest BCUT2D eigenvalue weighted by molar-refractivity contribution is 5.66. The molecule has 1 N–H and O–H groups in total. The van der Waals surface area contributed by atoms with Gasteiger partial charge in [0.1, 0.15) is 30.1 Å². The van der Waals surface area contributed by atoms with Gasteiger partial charge in [-0.15, -0.1) is 0 Å². The first-order valence-corrected chi connectivity index (χ1v) is 11.5. The first-order valence-electron chi connectivity index (χ1n) is 11.5. The molecule has 0 unspecified atom stereocenters. The number of ether oxygens (including phenoxy) is 1. The molecule has 0 fully saturated rings. The molecule has 0 saturated heterocycles. The molecular weight excluding hydrogens is 471 g/mol. The standard InChI is InChI=1S/C27H26F3N3O3/c28-27(29,30)22-8-3-21(4-9-22)7-12-26-32-23(19-36-26)18-35-24-10-5-20(6-11-24)2-1-15-33-16-14-31-25(33)13-17-34/h3-12,14,16,19,34H,1-2,13,15,17-18H2. The van der Waals surface area contributed by atoms with E-state index in [1.165, 1.54) is 24.0 Å². The third-order valence-electron chi connectivity index (χ3n) is 5.54. The summed E-state index contributed by atoms with van der Waals surface area (Å²) in [4.78, 5) is 8.58. The second kappa shape index (κ2) is 11.7. The molecule has 0 amide bonds. The third kappa shape index (κ3) is 7.08. The summed E-state index contributed by atoms with van der Waals surface area (Å²) in [6.07, 6.45) is 6.47. The quantitative estimate of drug-likeness (QED) is 0.283. The number of aromatic nitrogens is 3. The van der Waals surface area contributed by atoms with Crippen LogP contribution in [0.3, 0.4) is 0 Å². The Hall–Kier alpha value is -3.85. The summed E-state index contributed by atoms with van der Waals surface area (Å²) in [5, 5.41) is 9.10. The summed E-state index contributed by atoms with van der Waals surface area (Å²) in [6, 6.07) is 12.7. The Balaban J connectivity index is 1.23. The van der Waals surface area contributed by atoms with Crippen LogP contribution in [-0.4, -0.2) is 26.2 Å². The number of rotatable bonds is 11. The minimum atomic E-state index is -4.35. The van der Waals surface area contributed by atoms with Crippen molar-refractivity contribution in [2.24, 2.45) is 0 Å². The van der Waals surface area contributed by atoms with Crippen LogP contribution in [0.5, 0.6) is 5.75 Å². The van der Waals surface area contributed by atoms with Crippen LogP contribution < -0.4 is 4.74 Å². The van der Waals surface area contributed by atoms with Crippen molar-refractivity contribution in [3.63, 3.8) is 0 Å². The van der Waals surface area contributed by atoms with Gasteiger partial charge >= 0.3 is 6.18 Å². The van der Waals surface area contributed by atoms with Gasteiger partial charge in [-0.1, -0.05) is 24.3 Å².